The lowest BCUT2D eigenvalue weighted by Gasteiger charge is -2.26. The van der Waals surface area contributed by atoms with Crippen LogP contribution in [0.1, 0.15) is 23.6 Å². The summed E-state index contributed by atoms with van der Waals surface area (Å²) in [6, 6.07) is 3.41. The van der Waals surface area contributed by atoms with E-state index in [1.165, 1.54) is 12.1 Å². The molecule has 27 heavy (non-hydrogen) atoms. The van der Waals surface area contributed by atoms with E-state index in [9.17, 15) is 13.6 Å². The van der Waals surface area contributed by atoms with E-state index in [0.717, 1.165) is 23.3 Å². The Morgan fingerprint density at radius 1 is 1.33 bits per heavy atom. The van der Waals surface area contributed by atoms with E-state index in [2.05, 4.69) is 15.0 Å². The van der Waals surface area contributed by atoms with Crippen molar-refractivity contribution >= 4 is 5.91 Å². The van der Waals surface area contributed by atoms with Gasteiger partial charge < -0.3 is 14.5 Å². The summed E-state index contributed by atoms with van der Waals surface area (Å²) in [5.74, 6) is 0.00386. The van der Waals surface area contributed by atoms with Gasteiger partial charge in [0.2, 0.25) is 5.91 Å². The summed E-state index contributed by atoms with van der Waals surface area (Å²) in [4.78, 5) is 26.0. The van der Waals surface area contributed by atoms with Crippen molar-refractivity contribution < 1.29 is 13.6 Å². The van der Waals surface area contributed by atoms with Crippen LogP contribution in [0.2, 0.25) is 0 Å². The van der Waals surface area contributed by atoms with E-state index in [1.54, 1.807) is 11.1 Å². The van der Waals surface area contributed by atoms with Crippen molar-refractivity contribution in [2.45, 2.75) is 32.9 Å². The van der Waals surface area contributed by atoms with Crippen molar-refractivity contribution in [2.75, 3.05) is 6.54 Å². The number of nitrogens with zero attached hydrogens (tertiary/aromatic N) is 4. The molecular weight excluding hydrogens is 352 g/mol. The number of rotatable bonds is 4. The van der Waals surface area contributed by atoms with Crippen LogP contribution in [0.25, 0.3) is 11.4 Å². The Morgan fingerprint density at radius 3 is 2.93 bits per heavy atom. The predicted octanol–water partition coefficient (Wildman–Crippen LogP) is 2.83. The molecule has 0 fully saturated rings. The third-order valence-corrected chi connectivity index (χ3v) is 4.86. The zero-order valence-corrected chi connectivity index (χ0v) is 14.9. The number of hydrogen-bond donors (Lipinski definition) is 1. The third kappa shape index (κ3) is 3.47. The molecule has 4 rings (SSSR count). The lowest BCUT2D eigenvalue weighted by atomic mass is 10.1. The number of carbonyl (C=O) groups is 1. The monoisotopic (exact) mass is 371 g/mol. The fraction of sp³-hybridized carbons (Fsp3) is 0.316. The maximum atomic E-state index is 14.0. The Kier molecular flexibility index (Phi) is 4.47. The number of aromatic amines is 1. The third-order valence-electron chi connectivity index (χ3n) is 4.86. The smallest absolute Gasteiger partial charge is 0.224 e. The quantitative estimate of drug-likeness (QED) is 0.767. The zero-order chi connectivity index (χ0) is 19.0. The molecule has 6 nitrogen and oxygen atoms in total. The minimum absolute atomic E-state index is 0.0536. The van der Waals surface area contributed by atoms with Gasteiger partial charge in [-0.15, -0.1) is 0 Å². The summed E-state index contributed by atoms with van der Waals surface area (Å²) in [5.41, 5.74) is 1.84. The molecule has 3 aromatic rings. The molecule has 0 spiro atoms. The molecule has 1 N–H and O–H groups in total. The van der Waals surface area contributed by atoms with Crippen LogP contribution in [0.5, 0.6) is 0 Å². The fourth-order valence-electron chi connectivity index (χ4n) is 3.33. The maximum Gasteiger partial charge on any atom is 0.224 e. The van der Waals surface area contributed by atoms with Crippen LogP contribution in [0.15, 0.2) is 30.6 Å². The van der Waals surface area contributed by atoms with Gasteiger partial charge in [0, 0.05) is 44.4 Å². The molecule has 0 saturated carbocycles. The van der Waals surface area contributed by atoms with E-state index >= 15 is 0 Å². The maximum absolute atomic E-state index is 14.0. The molecular formula is C19H19F2N5O. The standard InChI is InChI=1S/C19H19F2N5O/c1-12-22-6-9-25(12)8-5-18(27)26-7-4-16-17(11-26)24-19(23-16)14-3-2-13(20)10-15(14)21/h2-3,6,9-10H,4-5,7-8,11H2,1H3,(H,23,24). The van der Waals surface area contributed by atoms with E-state index in [0.29, 0.717) is 38.3 Å². The molecule has 8 heteroatoms. The van der Waals surface area contributed by atoms with E-state index < -0.39 is 11.6 Å². The Hall–Kier alpha value is -3.03. The van der Waals surface area contributed by atoms with Gasteiger partial charge in [-0.1, -0.05) is 0 Å². The highest BCUT2D eigenvalue weighted by molar-refractivity contribution is 5.76. The SMILES string of the molecule is Cc1nccn1CCC(=O)N1CCc2nc(-c3ccc(F)cc3F)[nH]c2C1. The van der Waals surface area contributed by atoms with Crippen LogP contribution < -0.4 is 0 Å². The van der Waals surface area contributed by atoms with E-state index in [-0.39, 0.29) is 11.5 Å². The minimum atomic E-state index is -0.662. The van der Waals surface area contributed by atoms with Gasteiger partial charge in [-0.05, 0) is 19.1 Å². The number of benzene rings is 1. The first-order valence-electron chi connectivity index (χ1n) is 8.80. The number of fused-ring (bicyclic) bond motifs is 1. The van der Waals surface area contributed by atoms with E-state index in [4.69, 9.17) is 0 Å². The highest BCUT2D eigenvalue weighted by atomic mass is 19.1. The van der Waals surface area contributed by atoms with Gasteiger partial charge in [0.15, 0.2) is 0 Å². The topological polar surface area (TPSA) is 66.8 Å². The molecule has 1 aromatic carbocycles. The average molecular weight is 371 g/mol. The second-order valence-corrected chi connectivity index (χ2v) is 6.62. The number of aryl methyl sites for hydroxylation is 2. The lowest BCUT2D eigenvalue weighted by Crippen LogP contribution is -2.36. The number of amides is 1. The number of imidazole rings is 2. The van der Waals surface area contributed by atoms with Crippen molar-refractivity contribution in [3.05, 3.63) is 59.4 Å². The van der Waals surface area contributed by atoms with Gasteiger partial charge in [0.05, 0.1) is 23.5 Å². The molecule has 0 aliphatic carbocycles. The molecule has 1 amide bonds. The lowest BCUT2D eigenvalue weighted by molar-refractivity contribution is -0.132. The van der Waals surface area contributed by atoms with Crippen molar-refractivity contribution in [3.8, 4) is 11.4 Å². The fourth-order valence-corrected chi connectivity index (χ4v) is 3.33. The molecule has 0 unspecified atom stereocenters. The van der Waals surface area contributed by atoms with Crippen LogP contribution in [0, 0.1) is 18.6 Å². The number of H-pyrrole nitrogens is 1. The van der Waals surface area contributed by atoms with Crippen LogP contribution in [0.4, 0.5) is 8.78 Å². The van der Waals surface area contributed by atoms with E-state index in [1.807, 2.05) is 17.7 Å². The summed E-state index contributed by atoms with van der Waals surface area (Å²) in [5, 5.41) is 0. The molecule has 2 aromatic heterocycles. The number of aromatic nitrogens is 4. The number of halogens is 2. The van der Waals surface area contributed by atoms with Gasteiger partial charge >= 0.3 is 0 Å². The van der Waals surface area contributed by atoms with Crippen molar-refractivity contribution in [1.82, 2.24) is 24.4 Å². The zero-order valence-electron chi connectivity index (χ0n) is 14.9. The molecule has 1 aliphatic rings. The van der Waals surface area contributed by atoms with Crippen LogP contribution >= 0.6 is 0 Å². The first-order chi connectivity index (χ1) is 13.0. The summed E-state index contributed by atoms with van der Waals surface area (Å²) < 4.78 is 29.1. The Morgan fingerprint density at radius 2 is 2.19 bits per heavy atom. The highest BCUT2D eigenvalue weighted by Crippen LogP contribution is 2.25. The Balaban J connectivity index is 1.46. The van der Waals surface area contributed by atoms with Gasteiger partial charge in [-0.3, -0.25) is 4.79 Å². The second kappa shape index (κ2) is 6.94. The molecule has 0 atom stereocenters. The van der Waals surface area contributed by atoms with Crippen LogP contribution in [-0.4, -0.2) is 36.9 Å². The number of nitrogens with one attached hydrogen (secondary N) is 1. The van der Waals surface area contributed by atoms with Gasteiger partial charge in [-0.25, -0.2) is 18.7 Å². The largest absolute Gasteiger partial charge is 0.340 e. The highest BCUT2D eigenvalue weighted by Gasteiger charge is 2.24. The molecule has 0 radical (unpaired) electrons. The minimum Gasteiger partial charge on any atom is -0.340 e. The average Bonchev–Trinajstić information content (AvgIpc) is 3.24. The van der Waals surface area contributed by atoms with Gasteiger partial charge in [-0.2, -0.15) is 0 Å². The first-order valence-corrected chi connectivity index (χ1v) is 8.80. The van der Waals surface area contributed by atoms with Crippen LogP contribution in [0.3, 0.4) is 0 Å². The van der Waals surface area contributed by atoms with Gasteiger partial charge in [0.25, 0.3) is 0 Å². The summed E-state index contributed by atoms with van der Waals surface area (Å²) in [7, 11) is 0. The van der Waals surface area contributed by atoms with Gasteiger partial charge in [0.1, 0.15) is 23.3 Å². The molecule has 3 heterocycles. The van der Waals surface area contributed by atoms with Crippen molar-refractivity contribution in [2.24, 2.45) is 0 Å². The molecule has 140 valence electrons. The summed E-state index contributed by atoms with van der Waals surface area (Å²) in [6.45, 7) is 3.47. The molecule has 0 saturated heterocycles. The van der Waals surface area contributed by atoms with Crippen LogP contribution in [-0.2, 0) is 24.3 Å². The molecule has 0 bridgehead atoms. The summed E-state index contributed by atoms with van der Waals surface area (Å²) in [6.07, 6.45) is 4.56. The summed E-state index contributed by atoms with van der Waals surface area (Å²) >= 11 is 0. The second-order valence-electron chi connectivity index (χ2n) is 6.62. The van der Waals surface area contributed by atoms with Crippen molar-refractivity contribution in [3.63, 3.8) is 0 Å². The number of hydrogen-bond acceptors (Lipinski definition) is 3. The Bertz CT molecular complexity index is 994. The normalized spacial score (nSPS) is 13.7. The Labute approximate surface area is 154 Å². The molecule has 1 aliphatic heterocycles. The first kappa shape index (κ1) is 17.4. The van der Waals surface area contributed by atoms with Crippen molar-refractivity contribution in [1.29, 1.82) is 0 Å². The predicted molar refractivity (Wildman–Crippen MR) is 94.6 cm³/mol. The number of carbonyl (C=O) groups excluding carboxylic acids is 1.